The van der Waals surface area contributed by atoms with Gasteiger partial charge in [-0.25, -0.2) is 0 Å². The molecule has 2 nitrogen and oxygen atoms in total. The summed E-state index contributed by atoms with van der Waals surface area (Å²) in [5.41, 5.74) is 2.27. The average molecular weight is 225 g/mol. The molecule has 0 radical (unpaired) electrons. The zero-order valence-corrected chi connectivity index (χ0v) is 9.38. The molecule has 0 unspecified atom stereocenters. The minimum atomic E-state index is -0.195. The highest BCUT2D eigenvalue weighted by Crippen LogP contribution is 2.42. The standard InChI is InChI=1S/C12H13ClO2/c1-15-12(14)6-9-4-5-10(13)7-11(9)8-2-3-8/h4-5,7-8H,2-3,6H2,1H3. The van der Waals surface area contributed by atoms with E-state index in [1.54, 1.807) is 0 Å². The second kappa shape index (κ2) is 4.23. The van der Waals surface area contributed by atoms with E-state index in [4.69, 9.17) is 11.6 Å². The third-order valence-electron chi connectivity index (χ3n) is 2.69. The van der Waals surface area contributed by atoms with Crippen molar-refractivity contribution in [1.29, 1.82) is 0 Å². The summed E-state index contributed by atoms with van der Waals surface area (Å²) in [5, 5.41) is 0.741. The van der Waals surface area contributed by atoms with Crippen LogP contribution in [-0.4, -0.2) is 13.1 Å². The highest BCUT2D eigenvalue weighted by molar-refractivity contribution is 6.30. The molecule has 0 heterocycles. The van der Waals surface area contributed by atoms with Gasteiger partial charge in [0.25, 0.3) is 0 Å². The Labute approximate surface area is 94.2 Å². The van der Waals surface area contributed by atoms with Crippen LogP contribution in [0.15, 0.2) is 18.2 Å². The summed E-state index contributed by atoms with van der Waals surface area (Å²) < 4.78 is 4.67. The number of hydrogen-bond donors (Lipinski definition) is 0. The SMILES string of the molecule is COC(=O)Cc1ccc(Cl)cc1C1CC1. The second-order valence-electron chi connectivity index (χ2n) is 3.87. The van der Waals surface area contributed by atoms with Crippen LogP contribution in [0.25, 0.3) is 0 Å². The second-order valence-corrected chi connectivity index (χ2v) is 4.31. The van der Waals surface area contributed by atoms with Crippen molar-refractivity contribution in [2.24, 2.45) is 0 Å². The summed E-state index contributed by atoms with van der Waals surface area (Å²) in [6.07, 6.45) is 2.75. The quantitative estimate of drug-likeness (QED) is 0.738. The number of rotatable bonds is 3. The molecule has 80 valence electrons. The smallest absolute Gasteiger partial charge is 0.309 e. The lowest BCUT2D eigenvalue weighted by Gasteiger charge is -2.07. The van der Waals surface area contributed by atoms with E-state index >= 15 is 0 Å². The van der Waals surface area contributed by atoms with Crippen molar-refractivity contribution in [2.75, 3.05) is 7.11 Å². The van der Waals surface area contributed by atoms with Crippen molar-refractivity contribution < 1.29 is 9.53 Å². The van der Waals surface area contributed by atoms with Gasteiger partial charge in [-0.15, -0.1) is 0 Å². The Bertz CT molecular complexity index is 383. The molecule has 15 heavy (non-hydrogen) atoms. The Morgan fingerprint density at radius 2 is 2.27 bits per heavy atom. The lowest BCUT2D eigenvalue weighted by molar-refractivity contribution is -0.139. The molecule has 1 aliphatic rings. The average Bonchev–Trinajstić information content (AvgIpc) is 3.04. The zero-order valence-electron chi connectivity index (χ0n) is 8.63. The van der Waals surface area contributed by atoms with Crippen LogP contribution in [0.3, 0.4) is 0 Å². The first-order valence-corrected chi connectivity index (χ1v) is 5.43. The summed E-state index contributed by atoms with van der Waals surface area (Å²) in [6.45, 7) is 0. The summed E-state index contributed by atoms with van der Waals surface area (Å²) in [4.78, 5) is 11.2. The number of carbonyl (C=O) groups is 1. The van der Waals surface area contributed by atoms with Crippen LogP contribution in [0.5, 0.6) is 0 Å². The molecule has 1 aromatic carbocycles. The molecule has 0 N–H and O–H groups in total. The molecule has 0 amide bonds. The van der Waals surface area contributed by atoms with Crippen LogP contribution in [-0.2, 0) is 16.0 Å². The molecular weight excluding hydrogens is 212 g/mol. The van der Waals surface area contributed by atoms with Crippen molar-refractivity contribution >= 4 is 17.6 Å². The van der Waals surface area contributed by atoms with E-state index in [1.807, 2.05) is 18.2 Å². The van der Waals surface area contributed by atoms with E-state index in [9.17, 15) is 4.79 Å². The lowest BCUT2D eigenvalue weighted by Crippen LogP contribution is -2.06. The summed E-state index contributed by atoms with van der Waals surface area (Å²) in [6, 6.07) is 5.72. The molecular formula is C12H13ClO2. The van der Waals surface area contributed by atoms with Gasteiger partial charge in [0.05, 0.1) is 13.5 Å². The molecule has 0 bridgehead atoms. The molecule has 0 saturated heterocycles. The first-order valence-electron chi connectivity index (χ1n) is 5.06. The number of esters is 1. The maximum absolute atomic E-state index is 11.2. The first-order chi connectivity index (χ1) is 7.20. The fourth-order valence-electron chi connectivity index (χ4n) is 1.73. The third-order valence-corrected chi connectivity index (χ3v) is 2.92. The van der Waals surface area contributed by atoms with Gasteiger partial charge in [-0.1, -0.05) is 17.7 Å². The number of methoxy groups -OCH3 is 1. The number of hydrogen-bond acceptors (Lipinski definition) is 2. The molecule has 2 rings (SSSR count). The molecule has 1 saturated carbocycles. The fourth-order valence-corrected chi connectivity index (χ4v) is 1.91. The number of benzene rings is 1. The summed E-state index contributed by atoms with van der Waals surface area (Å²) in [5.74, 6) is 0.405. The van der Waals surface area contributed by atoms with Crippen molar-refractivity contribution in [3.05, 3.63) is 34.3 Å². The largest absolute Gasteiger partial charge is 0.469 e. The molecule has 0 aromatic heterocycles. The predicted octanol–water partition coefficient (Wildman–Crippen LogP) is 2.93. The summed E-state index contributed by atoms with van der Waals surface area (Å²) >= 11 is 5.94. The predicted molar refractivity (Wildman–Crippen MR) is 59.1 cm³/mol. The van der Waals surface area contributed by atoms with E-state index in [0.717, 1.165) is 10.6 Å². The van der Waals surface area contributed by atoms with Gasteiger partial charge in [0.15, 0.2) is 0 Å². The van der Waals surface area contributed by atoms with Crippen LogP contribution in [0.1, 0.15) is 29.9 Å². The van der Waals surface area contributed by atoms with E-state index in [-0.39, 0.29) is 5.97 Å². The molecule has 1 aliphatic carbocycles. The molecule has 0 aliphatic heterocycles. The monoisotopic (exact) mass is 224 g/mol. The van der Waals surface area contributed by atoms with Gasteiger partial charge in [0.2, 0.25) is 0 Å². The highest BCUT2D eigenvalue weighted by Gasteiger charge is 2.26. The normalized spacial score (nSPS) is 15.1. The number of ether oxygens (including phenoxy) is 1. The Morgan fingerprint density at radius 3 is 2.87 bits per heavy atom. The Kier molecular flexibility index (Phi) is 2.96. The van der Waals surface area contributed by atoms with Crippen LogP contribution in [0, 0.1) is 0 Å². The molecule has 0 spiro atoms. The zero-order chi connectivity index (χ0) is 10.8. The van der Waals surface area contributed by atoms with E-state index < -0.39 is 0 Å². The van der Waals surface area contributed by atoms with Gasteiger partial charge in [0.1, 0.15) is 0 Å². The van der Waals surface area contributed by atoms with Crippen molar-refractivity contribution in [1.82, 2.24) is 0 Å². The van der Waals surface area contributed by atoms with Crippen molar-refractivity contribution in [3.63, 3.8) is 0 Å². The number of carbonyl (C=O) groups excluding carboxylic acids is 1. The van der Waals surface area contributed by atoms with Crippen LogP contribution >= 0.6 is 11.6 Å². The van der Waals surface area contributed by atoms with Crippen molar-refractivity contribution in [2.45, 2.75) is 25.2 Å². The first kappa shape index (κ1) is 10.5. The maximum Gasteiger partial charge on any atom is 0.309 e. The van der Waals surface area contributed by atoms with E-state index in [0.29, 0.717) is 12.3 Å². The molecule has 3 heteroatoms. The Morgan fingerprint density at radius 1 is 1.53 bits per heavy atom. The minimum Gasteiger partial charge on any atom is -0.469 e. The van der Waals surface area contributed by atoms with Gasteiger partial charge < -0.3 is 4.74 Å². The van der Waals surface area contributed by atoms with Crippen LogP contribution < -0.4 is 0 Å². The lowest BCUT2D eigenvalue weighted by atomic mass is 10.0. The van der Waals surface area contributed by atoms with Gasteiger partial charge in [-0.05, 0) is 42.0 Å². The van der Waals surface area contributed by atoms with Crippen LogP contribution in [0.2, 0.25) is 5.02 Å². The topological polar surface area (TPSA) is 26.3 Å². The number of halogens is 1. The maximum atomic E-state index is 11.2. The van der Waals surface area contributed by atoms with Crippen LogP contribution in [0.4, 0.5) is 0 Å². The Hall–Kier alpha value is -1.02. The fraction of sp³-hybridized carbons (Fsp3) is 0.417. The molecule has 1 fully saturated rings. The van der Waals surface area contributed by atoms with Crippen molar-refractivity contribution in [3.8, 4) is 0 Å². The molecule has 0 atom stereocenters. The minimum absolute atomic E-state index is 0.195. The third kappa shape index (κ3) is 2.51. The van der Waals surface area contributed by atoms with Gasteiger partial charge in [0, 0.05) is 5.02 Å². The Balaban J connectivity index is 2.24. The summed E-state index contributed by atoms with van der Waals surface area (Å²) in [7, 11) is 1.41. The highest BCUT2D eigenvalue weighted by atomic mass is 35.5. The van der Waals surface area contributed by atoms with E-state index in [2.05, 4.69) is 4.74 Å². The van der Waals surface area contributed by atoms with E-state index in [1.165, 1.54) is 25.5 Å². The van der Waals surface area contributed by atoms with Gasteiger partial charge in [-0.2, -0.15) is 0 Å². The van der Waals surface area contributed by atoms with Gasteiger partial charge >= 0.3 is 5.97 Å². The molecule has 1 aromatic rings. The van der Waals surface area contributed by atoms with Gasteiger partial charge in [-0.3, -0.25) is 4.79 Å².